The summed E-state index contributed by atoms with van der Waals surface area (Å²) in [6.07, 6.45) is -0.282. The molecule has 1 saturated heterocycles. The van der Waals surface area contributed by atoms with Gasteiger partial charge in [-0.15, -0.1) is 0 Å². The largest absolute Gasteiger partial charge is 0.382 e. The van der Waals surface area contributed by atoms with Gasteiger partial charge in [-0.25, -0.2) is 0 Å². The summed E-state index contributed by atoms with van der Waals surface area (Å²) in [5.41, 5.74) is 0. The molecule has 0 spiro atoms. The highest BCUT2D eigenvalue weighted by Crippen LogP contribution is 2.21. The van der Waals surface area contributed by atoms with E-state index in [1.165, 1.54) is 0 Å². The lowest BCUT2D eigenvalue weighted by atomic mass is 10.4. The summed E-state index contributed by atoms with van der Waals surface area (Å²) in [6.45, 7) is 3.98. The summed E-state index contributed by atoms with van der Waals surface area (Å²) in [7, 11) is -2.35. The molecule has 0 unspecified atom stereocenters. The van der Waals surface area contributed by atoms with Crippen LogP contribution < -0.4 is 0 Å². The Hall–Kier alpha value is -0.120. The number of hydrogen-bond acceptors (Lipinski definition) is 3. The van der Waals surface area contributed by atoms with Crippen molar-refractivity contribution in [2.75, 3.05) is 20.3 Å². The Kier molecular flexibility index (Phi) is 1.34. The van der Waals surface area contributed by atoms with Crippen molar-refractivity contribution < 1.29 is 18.3 Å². The Bertz CT molecular complexity index is 178. The molecule has 1 aliphatic rings. The average Bonchev–Trinajstić information content (AvgIpc) is 2.24. The fourth-order valence-corrected chi connectivity index (χ4v) is 0.938. The molecule has 1 heterocycles. The normalized spacial score (nSPS) is 36.6. The van der Waals surface area contributed by atoms with E-state index in [2.05, 4.69) is 4.74 Å². The van der Waals surface area contributed by atoms with Crippen LogP contribution in [0, 0.1) is 0 Å². The summed E-state index contributed by atoms with van der Waals surface area (Å²) in [5, 5.41) is 0. The van der Waals surface area contributed by atoms with Gasteiger partial charge in [-0.3, -0.25) is 0 Å². The van der Waals surface area contributed by atoms with Crippen LogP contribution >= 0.6 is 0 Å². The minimum absolute atomic E-state index is 0.0416. The maximum Gasteiger partial charge on any atom is 0.163 e. The number of ether oxygens (including phenoxy) is 3. The highest BCUT2D eigenvalue weighted by Gasteiger charge is 2.32. The van der Waals surface area contributed by atoms with Gasteiger partial charge in [0.05, 0.1) is 17.3 Å². The van der Waals surface area contributed by atoms with Crippen LogP contribution in [0.2, 0.25) is 0 Å². The number of hydrogen-bond donors (Lipinski definition) is 0. The van der Waals surface area contributed by atoms with Gasteiger partial charge in [-0.2, -0.15) is 0 Å². The van der Waals surface area contributed by atoms with Gasteiger partial charge < -0.3 is 14.2 Å². The second-order valence-corrected chi connectivity index (χ2v) is 2.76. The summed E-state index contributed by atoms with van der Waals surface area (Å²) < 4.78 is 35.6. The fraction of sp³-hybridized carbons (Fsp3) is 1.00. The van der Waals surface area contributed by atoms with Gasteiger partial charge in [0.25, 0.3) is 0 Å². The van der Waals surface area contributed by atoms with E-state index in [0.29, 0.717) is 6.61 Å². The highest BCUT2D eigenvalue weighted by molar-refractivity contribution is 4.69. The Morgan fingerprint density at radius 3 is 3.10 bits per heavy atom. The molecule has 3 heteroatoms. The van der Waals surface area contributed by atoms with Crippen molar-refractivity contribution in [3.8, 4) is 0 Å². The predicted molar refractivity (Wildman–Crippen MR) is 36.8 cm³/mol. The third kappa shape index (κ3) is 1.94. The molecule has 10 heavy (non-hydrogen) atoms. The molecular formula is C7H14O3. The van der Waals surface area contributed by atoms with Gasteiger partial charge in [-0.05, 0) is 13.8 Å². The summed E-state index contributed by atoms with van der Waals surface area (Å²) in [6, 6.07) is 0. The summed E-state index contributed by atoms with van der Waals surface area (Å²) >= 11 is 0. The summed E-state index contributed by atoms with van der Waals surface area (Å²) in [4.78, 5) is 0. The quantitative estimate of drug-likeness (QED) is 0.580. The second-order valence-electron chi connectivity index (χ2n) is 2.76. The number of methoxy groups -OCH3 is 1. The molecule has 1 atom stereocenters. The van der Waals surface area contributed by atoms with Crippen molar-refractivity contribution in [3.63, 3.8) is 0 Å². The lowest BCUT2D eigenvalue weighted by Gasteiger charge is -2.16. The minimum atomic E-state index is -2.35. The van der Waals surface area contributed by atoms with Crippen LogP contribution in [-0.2, 0) is 14.2 Å². The van der Waals surface area contributed by atoms with Crippen molar-refractivity contribution in [2.24, 2.45) is 0 Å². The van der Waals surface area contributed by atoms with Crippen LogP contribution in [0.15, 0.2) is 0 Å². The maximum atomic E-state index is 6.81. The Morgan fingerprint density at radius 1 is 1.80 bits per heavy atom. The molecule has 0 N–H and O–H groups in total. The minimum Gasteiger partial charge on any atom is -0.382 e. The zero-order valence-electron chi connectivity index (χ0n) is 9.22. The molecule has 60 valence electrons. The van der Waals surface area contributed by atoms with Crippen LogP contribution in [0.4, 0.5) is 0 Å². The number of rotatable bonds is 2. The van der Waals surface area contributed by atoms with E-state index >= 15 is 0 Å². The van der Waals surface area contributed by atoms with E-state index in [0.717, 1.165) is 0 Å². The van der Waals surface area contributed by atoms with Gasteiger partial charge >= 0.3 is 0 Å². The Balaban J connectivity index is 2.25. The van der Waals surface area contributed by atoms with Crippen molar-refractivity contribution in [1.82, 2.24) is 0 Å². The van der Waals surface area contributed by atoms with Gasteiger partial charge in [0.2, 0.25) is 0 Å². The third-order valence-corrected chi connectivity index (χ3v) is 1.34. The van der Waals surface area contributed by atoms with Crippen molar-refractivity contribution in [2.45, 2.75) is 25.7 Å². The van der Waals surface area contributed by atoms with Crippen LogP contribution in [0.3, 0.4) is 0 Å². The zero-order chi connectivity index (χ0) is 10.1. The first-order chi connectivity index (χ1) is 5.79. The molecule has 0 amide bonds. The topological polar surface area (TPSA) is 27.7 Å². The van der Waals surface area contributed by atoms with Gasteiger partial charge in [-0.1, -0.05) is 0 Å². The van der Waals surface area contributed by atoms with Gasteiger partial charge in [0, 0.05) is 7.04 Å². The van der Waals surface area contributed by atoms with E-state index in [-0.39, 0.29) is 12.7 Å². The van der Waals surface area contributed by atoms with Crippen LogP contribution in [0.25, 0.3) is 0 Å². The molecule has 0 aromatic carbocycles. The molecule has 1 rings (SSSR count). The standard InChI is InChI=1S/C7H14O3/c1-7(2)9-5-6(10-7)4-8-3/h6H,4-5H2,1-3H3/t6-/m1/s1/i3D3. The van der Waals surface area contributed by atoms with Crippen molar-refractivity contribution in [3.05, 3.63) is 0 Å². The highest BCUT2D eigenvalue weighted by atomic mass is 16.7. The van der Waals surface area contributed by atoms with Crippen molar-refractivity contribution in [1.29, 1.82) is 0 Å². The molecule has 0 aromatic heterocycles. The first kappa shape index (κ1) is 4.70. The first-order valence-corrected chi connectivity index (χ1v) is 3.24. The maximum absolute atomic E-state index is 6.81. The van der Waals surface area contributed by atoms with E-state index in [1.807, 2.05) is 0 Å². The molecule has 0 aromatic rings. The third-order valence-electron chi connectivity index (χ3n) is 1.34. The van der Waals surface area contributed by atoms with Crippen LogP contribution in [-0.4, -0.2) is 32.1 Å². The molecule has 1 aliphatic heterocycles. The molecule has 3 nitrogen and oxygen atoms in total. The van der Waals surface area contributed by atoms with E-state index in [9.17, 15) is 0 Å². The molecular weight excluding hydrogens is 132 g/mol. The van der Waals surface area contributed by atoms with E-state index < -0.39 is 12.8 Å². The summed E-state index contributed by atoms with van der Waals surface area (Å²) in [5.74, 6) is -0.622. The Labute approximate surface area is 65.5 Å². The average molecular weight is 149 g/mol. The van der Waals surface area contributed by atoms with E-state index in [1.54, 1.807) is 13.8 Å². The molecule has 0 bridgehead atoms. The Morgan fingerprint density at radius 2 is 2.60 bits per heavy atom. The zero-order valence-corrected chi connectivity index (χ0v) is 6.22. The van der Waals surface area contributed by atoms with Crippen LogP contribution in [0.1, 0.15) is 18.0 Å². The molecule has 0 saturated carbocycles. The lowest BCUT2D eigenvalue weighted by Crippen LogP contribution is -2.23. The fourth-order valence-electron chi connectivity index (χ4n) is 0.938. The molecule has 0 radical (unpaired) electrons. The monoisotopic (exact) mass is 149 g/mol. The lowest BCUT2D eigenvalue weighted by molar-refractivity contribution is -0.143. The molecule has 1 fully saturated rings. The molecule has 0 aliphatic carbocycles. The van der Waals surface area contributed by atoms with Crippen molar-refractivity contribution >= 4 is 0 Å². The second kappa shape index (κ2) is 2.86. The van der Waals surface area contributed by atoms with E-state index in [4.69, 9.17) is 13.6 Å². The smallest absolute Gasteiger partial charge is 0.163 e. The van der Waals surface area contributed by atoms with Crippen LogP contribution in [0.5, 0.6) is 0 Å². The van der Waals surface area contributed by atoms with Gasteiger partial charge in [0.1, 0.15) is 6.10 Å². The first-order valence-electron chi connectivity index (χ1n) is 4.74. The SMILES string of the molecule is [2H]C([2H])([2H])OC[C@@H]1COC(C)(C)O1. The predicted octanol–water partition coefficient (Wildman–Crippen LogP) is 0.784. The van der Waals surface area contributed by atoms with Gasteiger partial charge in [0.15, 0.2) is 5.79 Å².